The summed E-state index contributed by atoms with van der Waals surface area (Å²) in [5.74, 6) is -0.759. The highest BCUT2D eigenvalue weighted by Gasteiger charge is 2.19. The van der Waals surface area contributed by atoms with Crippen LogP contribution in [-0.4, -0.2) is 45.7 Å². The molecule has 29 heavy (non-hydrogen) atoms. The van der Waals surface area contributed by atoms with Gasteiger partial charge in [-0.25, -0.2) is 8.42 Å². The minimum Gasteiger partial charge on any atom is -0.376 e. The maximum Gasteiger partial charge on any atom is 0.255 e. The molecule has 0 bridgehead atoms. The largest absolute Gasteiger partial charge is 0.376 e. The molecule has 1 fully saturated rings. The Bertz CT molecular complexity index is 1000. The Morgan fingerprint density at radius 1 is 1.10 bits per heavy atom. The second kappa shape index (κ2) is 9.06. The van der Waals surface area contributed by atoms with E-state index in [1.165, 1.54) is 6.07 Å². The first-order valence-corrected chi connectivity index (χ1v) is 11.1. The maximum atomic E-state index is 12.6. The molecule has 2 amide bonds. The number of amides is 2. The van der Waals surface area contributed by atoms with Crippen molar-refractivity contribution in [3.05, 3.63) is 59.7 Å². The molecule has 1 atom stereocenters. The second-order valence-electron chi connectivity index (χ2n) is 6.80. The van der Waals surface area contributed by atoms with Crippen molar-refractivity contribution in [3.63, 3.8) is 0 Å². The highest BCUT2D eigenvalue weighted by Crippen LogP contribution is 2.18. The second-order valence-corrected chi connectivity index (χ2v) is 8.55. The molecule has 0 aliphatic carbocycles. The Labute approximate surface area is 169 Å². The third-order valence-electron chi connectivity index (χ3n) is 4.36. The molecule has 0 unspecified atom stereocenters. The number of hydrogen-bond donors (Lipinski definition) is 3. The highest BCUT2D eigenvalue weighted by molar-refractivity contribution is 7.92. The number of carbonyl (C=O) groups is 2. The number of anilines is 2. The number of nitrogens with one attached hydrogen (secondary N) is 3. The van der Waals surface area contributed by atoms with Gasteiger partial charge in [0, 0.05) is 24.4 Å². The van der Waals surface area contributed by atoms with E-state index in [0.29, 0.717) is 24.4 Å². The minimum absolute atomic E-state index is 0.0192. The lowest BCUT2D eigenvalue weighted by Gasteiger charge is -2.14. The molecule has 2 aromatic carbocycles. The predicted molar refractivity (Wildman–Crippen MR) is 111 cm³/mol. The SMILES string of the molecule is CS(=O)(=O)Nc1cccc(C(=O)Nc2ccccc2C(=O)NC[C@@H]2CCCO2)c1. The monoisotopic (exact) mass is 417 g/mol. The van der Waals surface area contributed by atoms with Gasteiger partial charge in [-0.1, -0.05) is 18.2 Å². The Kier molecular flexibility index (Phi) is 6.50. The van der Waals surface area contributed by atoms with Crippen molar-refractivity contribution in [3.8, 4) is 0 Å². The van der Waals surface area contributed by atoms with Gasteiger partial charge in [-0.05, 0) is 43.2 Å². The molecule has 154 valence electrons. The quantitative estimate of drug-likeness (QED) is 0.639. The summed E-state index contributed by atoms with van der Waals surface area (Å²) in [5.41, 5.74) is 1.24. The van der Waals surface area contributed by atoms with Crippen LogP contribution in [0.4, 0.5) is 11.4 Å². The van der Waals surface area contributed by atoms with Gasteiger partial charge in [0.25, 0.3) is 11.8 Å². The number of hydrogen-bond acceptors (Lipinski definition) is 5. The number of ether oxygens (including phenoxy) is 1. The zero-order chi connectivity index (χ0) is 20.9. The van der Waals surface area contributed by atoms with Gasteiger partial charge in [0.2, 0.25) is 10.0 Å². The first-order chi connectivity index (χ1) is 13.8. The van der Waals surface area contributed by atoms with Gasteiger partial charge in [0.05, 0.1) is 23.6 Å². The molecule has 1 heterocycles. The molecule has 9 heteroatoms. The standard InChI is InChI=1S/C20H23N3O5S/c1-29(26,27)23-15-7-4-6-14(12-15)19(24)22-18-10-3-2-9-17(18)20(25)21-13-16-8-5-11-28-16/h2-4,6-7,9-10,12,16,23H,5,8,11,13H2,1H3,(H,21,25)(H,22,24)/t16-/m0/s1. The number of sulfonamides is 1. The first kappa shape index (κ1) is 20.8. The van der Waals surface area contributed by atoms with E-state index >= 15 is 0 Å². The van der Waals surface area contributed by atoms with Crippen molar-refractivity contribution in [1.29, 1.82) is 0 Å². The summed E-state index contributed by atoms with van der Waals surface area (Å²) in [6.07, 6.45) is 2.95. The molecule has 0 spiro atoms. The van der Waals surface area contributed by atoms with E-state index in [4.69, 9.17) is 4.74 Å². The molecular formula is C20H23N3O5S. The van der Waals surface area contributed by atoms with Crippen molar-refractivity contribution in [2.75, 3.05) is 29.4 Å². The minimum atomic E-state index is -3.45. The van der Waals surface area contributed by atoms with E-state index in [9.17, 15) is 18.0 Å². The Morgan fingerprint density at radius 2 is 1.90 bits per heavy atom. The fraction of sp³-hybridized carbons (Fsp3) is 0.300. The van der Waals surface area contributed by atoms with Gasteiger partial charge in [-0.3, -0.25) is 14.3 Å². The van der Waals surface area contributed by atoms with E-state index in [2.05, 4.69) is 15.4 Å². The predicted octanol–water partition coefficient (Wildman–Crippen LogP) is 2.22. The molecule has 0 saturated carbocycles. The van der Waals surface area contributed by atoms with Crippen molar-refractivity contribution >= 4 is 33.2 Å². The lowest BCUT2D eigenvalue weighted by molar-refractivity contribution is 0.0858. The average molecular weight is 417 g/mol. The van der Waals surface area contributed by atoms with Gasteiger partial charge >= 0.3 is 0 Å². The normalized spacial score (nSPS) is 16.2. The Hall–Kier alpha value is -2.91. The van der Waals surface area contributed by atoms with Crippen LogP contribution < -0.4 is 15.4 Å². The van der Waals surface area contributed by atoms with E-state index in [1.807, 2.05) is 0 Å². The summed E-state index contributed by atoms with van der Waals surface area (Å²) in [5, 5.41) is 5.55. The van der Waals surface area contributed by atoms with Crippen LogP contribution in [-0.2, 0) is 14.8 Å². The van der Waals surface area contributed by atoms with Gasteiger partial charge in [0.15, 0.2) is 0 Å². The van der Waals surface area contributed by atoms with Crippen molar-refractivity contribution in [2.45, 2.75) is 18.9 Å². The number of rotatable bonds is 7. The molecule has 2 aromatic rings. The van der Waals surface area contributed by atoms with Crippen LogP contribution >= 0.6 is 0 Å². The molecule has 1 aliphatic heterocycles. The fourth-order valence-electron chi connectivity index (χ4n) is 3.03. The summed E-state index contributed by atoms with van der Waals surface area (Å²) in [7, 11) is -3.45. The maximum absolute atomic E-state index is 12.6. The fourth-order valence-corrected chi connectivity index (χ4v) is 3.58. The number of carbonyl (C=O) groups excluding carboxylic acids is 2. The number of para-hydroxylation sites is 1. The lowest BCUT2D eigenvalue weighted by Crippen LogP contribution is -2.32. The van der Waals surface area contributed by atoms with Gasteiger partial charge in [-0.15, -0.1) is 0 Å². The van der Waals surface area contributed by atoms with Crippen LogP contribution in [0.5, 0.6) is 0 Å². The van der Waals surface area contributed by atoms with Crippen LogP contribution in [0.15, 0.2) is 48.5 Å². The lowest BCUT2D eigenvalue weighted by atomic mass is 10.1. The number of benzene rings is 2. The Balaban J connectivity index is 1.70. The summed E-state index contributed by atoms with van der Waals surface area (Å²) >= 11 is 0. The van der Waals surface area contributed by atoms with E-state index < -0.39 is 15.9 Å². The highest BCUT2D eigenvalue weighted by atomic mass is 32.2. The van der Waals surface area contributed by atoms with Gasteiger partial charge in [0.1, 0.15) is 0 Å². The zero-order valence-electron chi connectivity index (χ0n) is 16.0. The summed E-state index contributed by atoms with van der Waals surface area (Å²) in [6, 6.07) is 12.8. The van der Waals surface area contributed by atoms with Gasteiger partial charge in [-0.2, -0.15) is 0 Å². The Morgan fingerprint density at radius 3 is 2.62 bits per heavy atom. The van der Waals surface area contributed by atoms with E-state index in [1.54, 1.807) is 42.5 Å². The van der Waals surface area contributed by atoms with Crippen molar-refractivity contribution in [2.24, 2.45) is 0 Å². The van der Waals surface area contributed by atoms with Crippen LogP contribution in [0, 0.1) is 0 Å². The topological polar surface area (TPSA) is 114 Å². The van der Waals surface area contributed by atoms with Crippen molar-refractivity contribution in [1.82, 2.24) is 5.32 Å². The molecule has 8 nitrogen and oxygen atoms in total. The summed E-state index contributed by atoms with van der Waals surface area (Å²) in [6.45, 7) is 1.13. The molecular weight excluding hydrogens is 394 g/mol. The third-order valence-corrected chi connectivity index (χ3v) is 4.97. The average Bonchev–Trinajstić information content (AvgIpc) is 3.19. The molecule has 1 aliphatic rings. The molecule has 0 aromatic heterocycles. The molecule has 3 N–H and O–H groups in total. The molecule has 1 saturated heterocycles. The van der Waals surface area contributed by atoms with Crippen molar-refractivity contribution < 1.29 is 22.7 Å². The van der Waals surface area contributed by atoms with Crippen LogP contribution in [0.2, 0.25) is 0 Å². The molecule has 3 rings (SSSR count). The smallest absolute Gasteiger partial charge is 0.255 e. The summed E-state index contributed by atoms with van der Waals surface area (Å²) in [4.78, 5) is 25.2. The zero-order valence-corrected chi connectivity index (χ0v) is 16.8. The third kappa shape index (κ3) is 6.03. The molecule has 0 radical (unpaired) electrons. The summed E-state index contributed by atoms with van der Waals surface area (Å²) < 4.78 is 30.6. The van der Waals surface area contributed by atoms with Crippen LogP contribution in [0.1, 0.15) is 33.6 Å². The van der Waals surface area contributed by atoms with E-state index in [0.717, 1.165) is 19.1 Å². The van der Waals surface area contributed by atoms with Crippen LogP contribution in [0.25, 0.3) is 0 Å². The van der Waals surface area contributed by atoms with Gasteiger partial charge < -0.3 is 15.4 Å². The van der Waals surface area contributed by atoms with Crippen LogP contribution in [0.3, 0.4) is 0 Å². The first-order valence-electron chi connectivity index (χ1n) is 9.20. The van der Waals surface area contributed by atoms with E-state index in [-0.39, 0.29) is 23.3 Å².